The van der Waals surface area contributed by atoms with E-state index in [2.05, 4.69) is 31.9 Å². The molecule has 0 heterocycles. The molecule has 0 saturated heterocycles. The van der Waals surface area contributed by atoms with Crippen LogP contribution in [-0.2, 0) is 20.4 Å². The first-order valence-electron chi connectivity index (χ1n) is 11.4. The number of nitriles is 1. The largest absolute Gasteiger partial charge is 0.506 e. The first kappa shape index (κ1) is 34.3. The molecule has 1 N–H and O–H groups in total. The molecule has 3 rings (SSSR count). The van der Waals surface area contributed by atoms with E-state index in [1.807, 2.05) is 6.07 Å². The number of nitro benzene ring substituents is 1. The van der Waals surface area contributed by atoms with Crippen molar-refractivity contribution in [2.75, 3.05) is 6.61 Å². The van der Waals surface area contributed by atoms with Crippen LogP contribution < -0.4 is 4.74 Å². The van der Waals surface area contributed by atoms with E-state index in [4.69, 9.17) is 31.1 Å². The summed E-state index contributed by atoms with van der Waals surface area (Å²) < 4.78 is 54.3. The van der Waals surface area contributed by atoms with E-state index in [1.54, 1.807) is 19.1 Å². The quantitative estimate of drug-likeness (QED) is 0.145. The lowest BCUT2D eigenvalue weighted by Crippen LogP contribution is -2.26. The second-order valence-electron chi connectivity index (χ2n) is 7.88. The van der Waals surface area contributed by atoms with E-state index in [0.29, 0.717) is 20.6 Å². The molecule has 0 fully saturated rings. The lowest BCUT2D eigenvalue weighted by molar-refractivity contribution is -0.385. The average Bonchev–Trinajstić information content (AvgIpc) is 2.92. The number of nitro groups is 1. The molecule has 3 aromatic rings. The molecule has 3 aromatic carbocycles. The van der Waals surface area contributed by atoms with Crippen LogP contribution in [0.15, 0.2) is 57.5 Å². The van der Waals surface area contributed by atoms with Gasteiger partial charge in [-0.1, -0.05) is 11.6 Å². The second-order valence-corrected chi connectivity index (χ2v) is 10.00. The number of phenolic OH excluding ortho intramolecular Hbond substituents is 1. The third-order valence-corrected chi connectivity index (χ3v) is 6.42. The number of alkyl halides is 3. The molecule has 0 aliphatic heterocycles. The standard InChI is InChI=1S/C19H15ClF3NO7.C7H3Br2NO/c1-3-29-17(25)10(2)30-18(26)13-9-12(5-6-15(13)24(27)28)31-16-7-4-11(8-14(16)20)19(21,22)23;8-5-1-4(3-10)2-6(9)7(5)11/h4-10H,3H2,1-2H3;1-2,11H. The maximum absolute atomic E-state index is 12.8. The van der Waals surface area contributed by atoms with Crippen molar-refractivity contribution in [3.8, 4) is 23.3 Å². The number of rotatable bonds is 7. The first-order chi connectivity index (χ1) is 19.6. The maximum atomic E-state index is 12.8. The van der Waals surface area contributed by atoms with Crippen LogP contribution in [0.1, 0.15) is 35.3 Å². The predicted octanol–water partition coefficient (Wildman–Crippen LogP) is 7.96. The zero-order valence-electron chi connectivity index (χ0n) is 21.4. The van der Waals surface area contributed by atoms with Crippen LogP contribution in [0.4, 0.5) is 18.9 Å². The summed E-state index contributed by atoms with van der Waals surface area (Å²) in [5.41, 5.74) is -1.67. The first-order valence-corrected chi connectivity index (χ1v) is 13.3. The van der Waals surface area contributed by atoms with Gasteiger partial charge < -0.3 is 19.3 Å². The van der Waals surface area contributed by atoms with Crippen LogP contribution in [0.25, 0.3) is 0 Å². The molecule has 1 unspecified atom stereocenters. The third kappa shape index (κ3) is 9.33. The predicted molar refractivity (Wildman–Crippen MR) is 149 cm³/mol. The lowest BCUT2D eigenvalue weighted by Gasteiger charge is -2.13. The van der Waals surface area contributed by atoms with Gasteiger partial charge >= 0.3 is 18.1 Å². The Morgan fingerprint density at radius 2 is 1.76 bits per heavy atom. The van der Waals surface area contributed by atoms with Gasteiger partial charge in [0.2, 0.25) is 0 Å². The minimum absolute atomic E-state index is 0.0398. The summed E-state index contributed by atoms with van der Waals surface area (Å²) in [6, 6.07) is 10.4. The van der Waals surface area contributed by atoms with E-state index in [0.717, 1.165) is 30.3 Å². The van der Waals surface area contributed by atoms with E-state index >= 15 is 0 Å². The van der Waals surface area contributed by atoms with E-state index in [9.17, 15) is 38.0 Å². The molecular formula is C26H18Br2ClF3N2O8. The molecule has 0 saturated carbocycles. The maximum Gasteiger partial charge on any atom is 0.416 e. The van der Waals surface area contributed by atoms with Crippen molar-refractivity contribution in [3.05, 3.63) is 89.3 Å². The number of nitrogens with zero attached hydrogens (tertiary/aromatic N) is 2. The Balaban J connectivity index is 0.000000468. The van der Waals surface area contributed by atoms with Crippen molar-refractivity contribution < 1.29 is 47.0 Å². The van der Waals surface area contributed by atoms with E-state index in [-0.39, 0.29) is 28.9 Å². The number of ether oxygens (including phenoxy) is 3. The van der Waals surface area contributed by atoms with Gasteiger partial charge in [0.1, 0.15) is 22.8 Å². The van der Waals surface area contributed by atoms with Crippen molar-refractivity contribution in [2.24, 2.45) is 0 Å². The van der Waals surface area contributed by atoms with Gasteiger partial charge in [-0.3, -0.25) is 10.1 Å². The van der Waals surface area contributed by atoms with E-state index in [1.165, 1.54) is 6.92 Å². The Morgan fingerprint density at radius 1 is 1.14 bits per heavy atom. The van der Waals surface area contributed by atoms with Crippen molar-refractivity contribution in [2.45, 2.75) is 26.1 Å². The lowest BCUT2D eigenvalue weighted by atomic mass is 10.1. The Morgan fingerprint density at radius 3 is 2.26 bits per heavy atom. The highest BCUT2D eigenvalue weighted by atomic mass is 79.9. The second kappa shape index (κ2) is 14.9. The molecule has 0 aromatic heterocycles. The molecule has 1 atom stereocenters. The van der Waals surface area contributed by atoms with Gasteiger partial charge in [0.15, 0.2) is 6.10 Å². The molecule has 0 bridgehead atoms. The third-order valence-electron chi connectivity index (χ3n) is 4.92. The van der Waals surface area contributed by atoms with Gasteiger partial charge in [0.05, 0.1) is 42.7 Å². The molecular weight excluding hydrogens is 721 g/mol. The van der Waals surface area contributed by atoms with Crippen molar-refractivity contribution in [3.63, 3.8) is 0 Å². The zero-order chi connectivity index (χ0) is 31.8. The highest BCUT2D eigenvalue weighted by molar-refractivity contribution is 9.11. The average molecular weight is 739 g/mol. The summed E-state index contributed by atoms with van der Waals surface area (Å²) in [5, 5.41) is 28.6. The summed E-state index contributed by atoms with van der Waals surface area (Å²) in [5.74, 6) is -2.24. The number of halogens is 6. The van der Waals surface area contributed by atoms with Crippen LogP contribution in [0.3, 0.4) is 0 Å². The highest BCUT2D eigenvalue weighted by Gasteiger charge is 2.31. The topological polar surface area (TPSA) is 149 Å². The molecule has 0 amide bonds. The minimum Gasteiger partial charge on any atom is -0.506 e. The summed E-state index contributed by atoms with van der Waals surface area (Å²) in [4.78, 5) is 34.4. The molecule has 16 heteroatoms. The fourth-order valence-corrected chi connectivity index (χ4v) is 4.36. The molecule has 42 heavy (non-hydrogen) atoms. The SMILES string of the molecule is CCOC(=O)C(C)OC(=O)c1cc(Oc2ccc(C(F)(F)F)cc2Cl)ccc1[N+](=O)[O-].N#Cc1cc(Br)c(O)c(Br)c1. The minimum atomic E-state index is -4.61. The Bertz CT molecular complexity index is 1520. The fraction of sp³-hybridized carbons (Fsp3) is 0.192. The zero-order valence-corrected chi connectivity index (χ0v) is 25.3. The van der Waals surface area contributed by atoms with Crippen molar-refractivity contribution >= 4 is 61.1 Å². The highest BCUT2D eigenvalue weighted by Crippen LogP contribution is 2.37. The normalized spacial score (nSPS) is 11.3. The molecule has 0 aliphatic carbocycles. The van der Waals surface area contributed by atoms with Crippen LogP contribution in [-0.4, -0.2) is 34.7 Å². The Kier molecular flexibility index (Phi) is 12.1. The van der Waals surface area contributed by atoms with Gasteiger partial charge in [-0.2, -0.15) is 18.4 Å². The fourth-order valence-electron chi connectivity index (χ4n) is 2.95. The smallest absolute Gasteiger partial charge is 0.416 e. The number of benzene rings is 3. The number of aromatic hydroxyl groups is 1. The molecule has 0 aliphatic rings. The molecule has 0 radical (unpaired) electrons. The number of carbonyl (C=O) groups is 2. The Labute approximate surface area is 258 Å². The van der Waals surface area contributed by atoms with Gasteiger partial charge in [-0.05, 0) is 82.1 Å². The van der Waals surface area contributed by atoms with Crippen molar-refractivity contribution in [1.82, 2.24) is 0 Å². The molecule has 0 spiro atoms. The number of esters is 2. The van der Waals surface area contributed by atoms with Crippen LogP contribution in [0, 0.1) is 21.4 Å². The van der Waals surface area contributed by atoms with Crippen molar-refractivity contribution in [1.29, 1.82) is 5.26 Å². The number of hydrogen-bond donors (Lipinski definition) is 1. The van der Waals surface area contributed by atoms with Gasteiger partial charge in [0, 0.05) is 12.1 Å². The number of hydrogen-bond acceptors (Lipinski definition) is 9. The number of carbonyl (C=O) groups excluding carboxylic acids is 2. The van der Waals surface area contributed by atoms with Crippen LogP contribution in [0.5, 0.6) is 17.2 Å². The van der Waals surface area contributed by atoms with Gasteiger partial charge in [-0.25, -0.2) is 9.59 Å². The van der Waals surface area contributed by atoms with Gasteiger partial charge in [-0.15, -0.1) is 0 Å². The number of phenols is 1. The Hall–Kier alpha value is -3.87. The molecule has 222 valence electrons. The summed E-state index contributed by atoms with van der Waals surface area (Å²) >= 11 is 12.0. The van der Waals surface area contributed by atoms with Crippen LogP contribution >= 0.6 is 43.5 Å². The van der Waals surface area contributed by atoms with Gasteiger partial charge in [0.25, 0.3) is 5.69 Å². The van der Waals surface area contributed by atoms with E-state index < -0.39 is 46.0 Å². The monoisotopic (exact) mass is 736 g/mol. The summed E-state index contributed by atoms with van der Waals surface area (Å²) in [6.45, 7) is 2.81. The summed E-state index contributed by atoms with van der Waals surface area (Å²) in [7, 11) is 0. The van der Waals surface area contributed by atoms with Crippen LogP contribution in [0.2, 0.25) is 5.02 Å². The molecule has 10 nitrogen and oxygen atoms in total. The summed E-state index contributed by atoms with van der Waals surface area (Å²) in [6.07, 6.45) is -5.94.